The van der Waals surface area contributed by atoms with Crippen molar-refractivity contribution in [2.24, 2.45) is 13.0 Å². The number of carbonyl (C=O) groups excluding carboxylic acids is 1. The molecule has 1 aromatic heterocycles. The van der Waals surface area contributed by atoms with Gasteiger partial charge in [0.1, 0.15) is 0 Å². The fourth-order valence-electron chi connectivity index (χ4n) is 3.47. The van der Waals surface area contributed by atoms with Crippen molar-refractivity contribution in [3.8, 4) is 11.1 Å². The van der Waals surface area contributed by atoms with Gasteiger partial charge in [0.15, 0.2) is 5.69 Å². The normalized spacial score (nSPS) is 17.2. The van der Waals surface area contributed by atoms with Crippen molar-refractivity contribution in [1.82, 2.24) is 14.7 Å². The van der Waals surface area contributed by atoms with Gasteiger partial charge in [-0.25, -0.2) is 0 Å². The minimum atomic E-state index is -4.57. The molecule has 1 amide bonds. The first kappa shape index (κ1) is 19.2. The molecule has 0 spiro atoms. The van der Waals surface area contributed by atoms with Gasteiger partial charge in [-0.15, -0.1) is 0 Å². The smallest absolute Gasteiger partial charge is 0.328 e. The van der Waals surface area contributed by atoms with Gasteiger partial charge >= 0.3 is 6.18 Å². The summed E-state index contributed by atoms with van der Waals surface area (Å²) >= 11 is 0. The predicted octanol–water partition coefficient (Wildman–Crippen LogP) is 4.45. The number of rotatable bonds is 3. The fourth-order valence-corrected chi connectivity index (χ4v) is 3.47. The monoisotopic (exact) mass is 377 g/mol. The highest BCUT2D eigenvalue weighted by atomic mass is 19.4. The average Bonchev–Trinajstić information content (AvgIpc) is 3.20. The summed E-state index contributed by atoms with van der Waals surface area (Å²) in [7, 11) is 1.48. The van der Waals surface area contributed by atoms with Crippen molar-refractivity contribution in [2.45, 2.75) is 33.0 Å². The van der Waals surface area contributed by atoms with Crippen LogP contribution in [0.2, 0.25) is 0 Å². The van der Waals surface area contributed by atoms with Crippen LogP contribution in [0.4, 0.5) is 13.2 Å². The maximum Gasteiger partial charge on any atom is 0.435 e. The highest BCUT2D eigenvalue weighted by Gasteiger charge is 2.38. The molecule has 1 aliphatic rings. The van der Waals surface area contributed by atoms with E-state index in [1.54, 1.807) is 30.0 Å². The van der Waals surface area contributed by atoms with Crippen molar-refractivity contribution in [3.05, 3.63) is 53.4 Å². The first-order valence-corrected chi connectivity index (χ1v) is 8.80. The van der Waals surface area contributed by atoms with E-state index in [1.165, 1.54) is 17.8 Å². The third kappa shape index (κ3) is 3.50. The molecule has 1 unspecified atom stereocenters. The van der Waals surface area contributed by atoms with E-state index in [-0.39, 0.29) is 23.4 Å². The number of hydrogen-bond acceptors (Lipinski definition) is 2. The van der Waals surface area contributed by atoms with Crippen LogP contribution in [0.25, 0.3) is 11.1 Å². The van der Waals surface area contributed by atoms with Crippen molar-refractivity contribution in [2.75, 3.05) is 6.54 Å². The minimum absolute atomic E-state index is 0.00739. The molecule has 144 valence electrons. The lowest BCUT2D eigenvalue weighted by atomic mass is 9.99. The first-order valence-electron chi connectivity index (χ1n) is 8.80. The maximum absolute atomic E-state index is 13.4. The van der Waals surface area contributed by atoms with Crippen molar-refractivity contribution in [3.63, 3.8) is 0 Å². The zero-order valence-electron chi connectivity index (χ0n) is 15.7. The van der Waals surface area contributed by atoms with Crippen molar-refractivity contribution in [1.29, 1.82) is 0 Å². The van der Waals surface area contributed by atoms with Crippen LogP contribution in [0, 0.1) is 12.8 Å². The summed E-state index contributed by atoms with van der Waals surface area (Å²) in [6.07, 6.45) is -0.623. The number of carbonyl (C=O) groups is 1. The number of halogens is 3. The number of aryl methyl sites for hydroxylation is 1. The molecule has 2 aromatic rings. The summed E-state index contributed by atoms with van der Waals surface area (Å²) in [4.78, 5) is 14.7. The number of benzene rings is 1. The van der Waals surface area contributed by atoms with E-state index in [2.05, 4.69) is 5.10 Å². The Morgan fingerprint density at radius 3 is 2.63 bits per heavy atom. The Labute approximate surface area is 156 Å². The van der Waals surface area contributed by atoms with E-state index in [1.807, 2.05) is 26.0 Å². The standard InChI is InChI=1S/C20H22F3N3O/c1-12(2)16-9-6-10-26(16)19(27)15-8-5-7-14(11-15)17-13(3)25(4)24-18(17)20(21,22)23/h5-9,11-12,16H,10H2,1-4H3. The Hall–Kier alpha value is -2.57. The number of alkyl halides is 3. The lowest BCUT2D eigenvalue weighted by Gasteiger charge is -2.27. The zero-order chi connectivity index (χ0) is 19.9. The van der Waals surface area contributed by atoms with E-state index in [4.69, 9.17) is 0 Å². The van der Waals surface area contributed by atoms with Gasteiger partial charge in [0, 0.05) is 30.4 Å². The van der Waals surface area contributed by atoms with E-state index in [0.29, 0.717) is 23.4 Å². The second-order valence-electron chi connectivity index (χ2n) is 7.13. The summed E-state index contributed by atoms with van der Waals surface area (Å²) in [5.74, 6) is 0.0731. The van der Waals surface area contributed by atoms with Crippen LogP contribution >= 0.6 is 0 Å². The second-order valence-corrected chi connectivity index (χ2v) is 7.13. The van der Waals surface area contributed by atoms with Crippen LogP contribution in [0.3, 0.4) is 0 Å². The summed E-state index contributed by atoms with van der Waals surface area (Å²) in [6, 6.07) is 6.35. The number of nitrogens with zero attached hydrogens (tertiary/aromatic N) is 3. The molecule has 0 N–H and O–H groups in total. The van der Waals surface area contributed by atoms with Gasteiger partial charge in [-0.1, -0.05) is 38.1 Å². The average molecular weight is 377 g/mol. The molecule has 0 saturated heterocycles. The molecule has 0 radical (unpaired) electrons. The molecule has 1 atom stereocenters. The minimum Gasteiger partial charge on any atom is -0.328 e. The van der Waals surface area contributed by atoms with Gasteiger partial charge in [-0.3, -0.25) is 9.48 Å². The highest BCUT2D eigenvalue weighted by Crippen LogP contribution is 2.38. The molecule has 3 rings (SSSR count). The van der Waals surface area contributed by atoms with Gasteiger partial charge in [-0.2, -0.15) is 18.3 Å². The Balaban J connectivity index is 2.02. The Morgan fingerprint density at radius 1 is 1.30 bits per heavy atom. The molecule has 4 nitrogen and oxygen atoms in total. The molecule has 0 saturated carbocycles. The summed E-state index contributed by atoms with van der Waals surface area (Å²) in [5, 5.41) is 3.63. The molecule has 27 heavy (non-hydrogen) atoms. The van der Waals surface area contributed by atoms with E-state index in [9.17, 15) is 18.0 Å². The van der Waals surface area contributed by atoms with Crippen LogP contribution < -0.4 is 0 Å². The molecule has 0 bridgehead atoms. The summed E-state index contributed by atoms with van der Waals surface area (Å²) < 4.78 is 41.5. The van der Waals surface area contributed by atoms with E-state index >= 15 is 0 Å². The molecule has 7 heteroatoms. The van der Waals surface area contributed by atoms with Gasteiger partial charge < -0.3 is 4.90 Å². The maximum atomic E-state index is 13.4. The Bertz CT molecular complexity index is 896. The highest BCUT2D eigenvalue weighted by molar-refractivity contribution is 5.96. The fraction of sp³-hybridized carbons (Fsp3) is 0.400. The van der Waals surface area contributed by atoms with Crippen LogP contribution in [0.15, 0.2) is 36.4 Å². The molecule has 2 heterocycles. The molecular formula is C20H22F3N3O. The van der Waals surface area contributed by atoms with Gasteiger partial charge in [0.25, 0.3) is 5.91 Å². The lowest BCUT2D eigenvalue weighted by molar-refractivity contribution is -0.140. The number of amides is 1. The summed E-state index contributed by atoms with van der Waals surface area (Å²) in [6.45, 7) is 6.16. The van der Waals surface area contributed by atoms with Crippen molar-refractivity contribution >= 4 is 5.91 Å². The lowest BCUT2D eigenvalue weighted by Crippen LogP contribution is -2.39. The summed E-state index contributed by atoms with van der Waals surface area (Å²) in [5.41, 5.74) is 0.190. The van der Waals surface area contributed by atoms with Crippen LogP contribution in [-0.2, 0) is 13.2 Å². The van der Waals surface area contributed by atoms with E-state index in [0.717, 1.165) is 0 Å². The SMILES string of the molecule is Cc1c(-c2cccc(C(=O)N3CC=CC3C(C)C)c2)c(C(F)(F)F)nn1C. The third-order valence-corrected chi connectivity index (χ3v) is 4.94. The molecule has 1 aromatic carbocycles. The predicted molar refractivity (Wildman–Crippen MR) is 97.2 cm³/mol. The largest absolute Gasteiger partial charge is 0.435 e. The first-order chi connectivity index (χ1) is 12.6. The third-order valence-electron chi connectivity index (χ3n) is 4.94. The second kappa shape index (κ2) is 6.87. The van der Waals surface area contributed by atoms with Crippen LogP contribution in [-0.4, -0.2) is 33.2 Å². The Kier molecular flexibility index (Phi) is 4.88. The van der Waals surface area contributed by atoms with Gasteiger partial charge in [0.05, 0.1) is 6.04 Å². The Morgan fingerprint density at radius 2 is 2.00 bits per heavy atom. The van der Waals surface area contributed by atoms with Gasteiger partial charge in [-0.05, 0) is 30.5 Å². The van der Waals surface area contributed by atoms with Gasteiger partial charge in [0.2, 0.25) is 0 Å². The quantitative estimate of drug-likeness (QED) is 0.741. The molecule has 1 aliphatic heterocycles. The molecular weight excluding hydrogens is 355 g/mol. The zero-order valence-corrected chi connectivity index (χ0v) is 15.7. The van der Waals surface area contributed by atoms with Crippen LogP contribution in [0.5, 0.6) is 0 Å². The topological polar surface area (TPSA) is 38.1 Å². The van der Waals surface area contributed by atoms with Crippen LogP contribution in [0.1, 0.15) is 35.6 Å². The van der Waals surface area contributed by atoms with Crippen molar-refractivity contribution < 1.29 is 18.0 Å². The number of hydrogen-bond donors (Lipinski definition) is 0. The molecule has 0 aliphatic carbocycles. The molecule has 0 fully saturated rings. The number of aromatic nitrogens is 2. The van der Waals surface area contributed by atoms with E-state index < -0.39 is 11.9 Å².